The van der Waals surface area contributed by atoms with Crippen molar-refractivity contribution >= 4 is 34.1 Å². The number of amides is 1. The molecule has 0 bridgehead atoms. The van der Waals surface area contributed by atoms with E-state index in [0.717, 1.165) is 17.0 Å². The molecule has 0 aromatic carbocycles. The summed E-state index contributed by atoms with van der Waals surface area (Å²) < 4.78 is 21.5. The number of carbonyl (C=O) groups is 1. The minimum Gasteiger partial charge on any atom is -0.383 e. The smallest absolute Gasteiger partial charge is 0.252 e. The van der Waals surface area contributed by atoms with Crippen molar-refractivity contribution in [1.82, 2.24) is 19.7 Å². The molecular weight excluding hydrogens is 403 g/mol. The number of methoxy groups -OCH3 is 1. The summed E-state index contributed by atoms with van der Waals surface area (Å²) in [4.78, 5) is 20.4. The third kappa shape index (κ3) is 4.89. The summed E-state index contributed by atoms with van der Waals surface area (Å²) >= 11 is 0. The Hall–Kier alpha value is -3.31. The molecule has 0 radical (unpaired) electrons. The first-order valence-corrected chi connectivity index (χ1v) is 9.93. The number of nitrogens with two attached hydrogens (primary N) is 2. The van der Waals surface area contributed by atoms with Crippen molar-refractivity contribution in [2.75, 3.05) is 24.4 Å². The minimum absolute atomic E-state index is 0.0279. The molecule has 2 atom stereocenters. The molecule has 6 N–H and O–H groups in total. The van der Waals surface area contributed by atoms with Crippen LogP contribution in [0.15, 0.2) is 24.7 Å². The maximum Gasteiger partial charge on any atom is 0.252 e. The molecule has 31 heavy (non-hydrogen) atoms. The van der Waals surface area contributed by atoms with Gasteiger partial charge in [0, 0.05) is 24.6 Å². The third-order valence-corrected chi connectivity index (χ3v) is 5.05. The second-order valence-electron chi connectivity index (χ2n) is 7.19. The summed E-state index contributed by atoms with van der Waals surface area (Å²) in [7, 11) is 1.61. The number of nitrogens with zero attached hydrogens (tertiary/aromatic N) is 4. The molecule has 0 saturated carbocycles. The second kappa shape index (κ2) is 9.67. The normalized spacial score (nSPS) is 13.2. The highest BCUT2D eigenvalue weighted by Crippen LogP contribution is 2.28. The summed E-state index contributed by atoms with van der Waals surface area (Å²) in [6.07, 6.45) is 5.63. The summed E-state index contributed by atoms with van der Waals surface area (Å²) in [5.74, 6) is -1.43. The van der Waals surface area contributed by atoms with Gasteiger partial charge in [0.2, 0.25) is 0 Å². The summed E-state index contributed by atoms with van der Waals surface area (Å²) in [5.41, 5.74) is 12.7. The first kappa shape index (κ1) is 22.4. The Labute approximate surface area is 179 Å². The lowest BCUT2D eigenvalue weighted by Gasteiger charge is -2.21. The molecule has 3 aromatic heterocycles. The number of nitrogens with one attached hydrogen (secondary N) is 2. The number of halogens is 1. The van der Waals surface area contributed by atoms with Gasteiger partial charge in [0.05, 0.1) is 48.5 Å². The Balaban J connectivity index is 1.99. The quantitative estimate of drug-likeness (QED) is 0.382. The topological polar surface area (TPSA) is 146 Å². The van der Waals surface area contributed by atoms with Gasteiger partial charge in [-0.1, -0.05) is 6.92 Å². The van der Waals surface area contributed by atoms with Gasteiger partial charge in [-0.25, -0.2) is 9.37 Å². The zero-order valence-corrected chi connectivity index (χ0v) is 17.7. The predicted molar refractivity (Wildman–Crippen MR) is 117 cm³/mol. The van der Waals surface area contributed by atoms with Gasteiger partial charge >= 0.3 is 0 Å². The Kier molecular flexibility index (Phi) is 6.98. The fourth-order valence-electron chi connectivity index (χ4n) is 3.12. The highest BCUT2D eigenvalue weighted by Gasteiger charge is 2.20. The van der Waals surface area contributed by atoms with Crippen molar-refractivity contribution in [2.45, 2.75) is 38.9 Å². The first-order chi connectivity index (χ1) is 14.8. The zero-order valence-electron chi connectivity index (χ0n) is 17.7. The number of anilines is 3. The van der Waals surface area contributed by atoms with Gasteiger partial charge in [0.15, 0.2) is 11.6 Å². The van der Waals surface area contributed by atoms with Crippen molar-refractivity contribution in [1.29, 1.82) is 0 Å². The van der Waals surface area contributed by atoms with Gasteiger partial charge in [0.1, 0.15) is 5.82 Å². The molecule has 0 unspecified atom stereocenters. The number of hydrogen-bond acceptors (Lipinski definition) is 8. The number of pyridine rings is 2. The van der Waals surface area contributed by atoms with Crippen molar-refractivity contribution in [3.63, 3.8) is 0 Å². The Morgan fingerprint density at radius 1 is 1.32 bits per heavy atom. The molecular formula is C20H27FN8O2. The van der Waals surface area contributed by atoms with Crippen LogP contribution < -0.4 is 22.1 Å². The van der Waals surface area contributed by atoms with Gasteiger partial charge < -0.3 is 26.8 Å². The van der Waals surface area contributed by atoms with Crippen molar-refractivity contribution in [3.05, 3.63) is 36.0 Å². The first-order valence-electron chi connectivity index (χ1n) is 9.93. The molecule has 166 valence electrons. The van der Waals surface area contributed by atoms with Gasteiger partial charge in [-0.3, -0.25) is 14.5 Å². The number of hydrogen-bond donors (Lipinski definition) is 4. The predicted octanol–water partition coefficient (Wildman–Crippen LogP) is 1.99. The van der Waals surface area contributed by atoms with E-state index in [1.165, 1.54) is 0 Å². The van der Waals surface area contributed by atoms with E-state index in [1.807, 2.05) is 13.8 Å². The van der Waals surface area contributed by atoms with Crippen LogP contribution in [0.4, 0.5) is 21.7 Å². The van der Waals surface area contributed by atoms with E-state index in [9.17, 15) is 9.18 Å². The highest BCUT2D eigenvalue weighted by atomic mass is 19.1. The molecule has 0 fully saturated rings. The maximum absolute atomic E-state index is 14.6. The molecule has 1 amide bonds. The molecule has 3 aromatic rings. The van der Waals surface area contributed by atoms with E-state index in [4.69, 9.17) is 16.2 Å². The number of primary amides is 1. The van der Waals surface area contributed by atoms with Crippen molar-refractivity contribution < 1.29 is 13.9 Å². The molecule has 0 aliphatic rings. The van der Waals surface area contributed by atoms with Crippen LogP contribution in [-0.2, 0) is 11.3 Å². The van der Waals surface area contributed by atoms with Crippen LogP contribution in [0, 0.1) is 5.82 Å². The molecule has 11 heteroatoms. The minimum atomic E-state index is -0.810. The fourth-order valence-corrected chi connectivity index (χ4v) is 3.12. The summed E-state index contributed by atoms with van der Waals surface area (Å²) in [6.45, 7) is 4.82. The molecule has 0 saturated heterocycles. The standard InChI is InChI=1S/C20H27FN8O2/c1-4-15(22)11(2)26-20-14(21)7-12(18(23)30)19(28-20)27-16-9-24-10-17-13(16)8-25-29(17)5-6-31-3/h7-11,15H,4-6,22H2,1-3H3,(H2,23,30)(H2,26,27,28)/t11-,15+/m1/s1. The fraction of sp³-hybridized carbons (Fsp3) is 0.400. The van der Waals surface area contributed by atoms with Crippen LogP contribution >= 0.6 is 0 Å². The Morgan fingerprint density at radius 3 is 2.77 bits per heavy atom. The molecule has 3 rings (SSSR count). The number of ether oxygens (including phenoxy) is 1. The van der Waals surface area contributed by atoms with Gasteiger partial charge in [-0.2, -0.15) is 5.10 Å². The highest BCUT2D eigenvalue weighted by molar-refractivity contribution is 6.00. The van der Waals surface area contributed by atoms with E-state index in [0.29, 0.717) is 25.3 Å². The number of carbonyl (C=O) groups excluding carboxylic acids is 1. The van der Waals surface area contributed by atoms with Crippen LogP contribution in [0.25, 0.3) is 10.9 Å². The number of aromatic nitrogens is 4. The zero-order chi connectivity index (χ0) is 22.5. The summed E-state index contributed by atoms with van der Waals surface area (Å²) in [5, 5.41) is 11.1. The molecule has 10 nitrogen and oxygen atoms in total. The number of rotatable bonds is 10. The van der Waals surface area contributed by atoms with E-state index < -0.39 is 11.7 Å². The monoisotopic (exact) mass is 430 g/mol. The van der Waals surface area contributed by atoms with E-state index in [2.05, 4.69) is 25.7 Å². The van der Waals surface area contributed by atoms with E-state index >= 15 is 0 Å². The maximum atomic E-state index is 14.6. The Bertz CT molecular complexity index is 1070. The van der Waals surface area contributed by atoms with Gasteiger partial charge in [0.25, 0.3) is 5.91 Å². The van der Waals surface area contributed by atoms with Gasteiger partial charge in [-0.15, -0.1) is 0 Å². The van der Waals surface area contributed by atoms with Crippen LogP contribution in [0.1, 0.15) is 30.6 Å². The van der Waals surface area contributed by atoms with Crippen LogP contribution in [0.5, 0.6) is 0 Å². The SMILES string of the molecule is CC[C@H](N)[C@@H](C)Nc1nc(Nc2cncc3c2cnn3CCOC)c(C(N)=O)cc1F. The lowest BCUT2D eigenvalue weighted by molar-refractivity contribution is 0.100. The van der Waals surface area contributed by atoms with Crippen LogP contribution in [0.2, 0.25) is 0 Å². The van der Waals surface area contributed by atoms with E-state index in [-0.39, 0.29) is 29.3 Å². The molecule has 3 heterocycles. The van der Waals surface area contributed by atoms with Gasteiger partial charge in [-0.05, 0) is 19.4 Å². The van der Waals surface area contributed by atoms with Crippen LogP contribution in [-0.4, -0.2) is 51.5 Å². The second-order valence-corrected chi connectivity index (χ2v) is 7.19. The molecule has 0 spiro atoms. The lowest BCUT2D eigenvalue weighted by Crippen LogP contribution is -2.38. The lowest BCUT2D eigenvalue weighted by atomic mass is 10.1. The Morgan fingerprint density at radius 2 is 2.10 bits per heavy atom. The average Bonchev–Trinajstić information content (AvgIpc) is 3.17. The van der Waals surface area contributed by atoms with E-state index in [1.54, 1.807) is 30.4 Å². The van der Waals surface area contributed by atoms with Crippen molar-refractivity contribution in [3.8, 4) is 0 Å². The summed E-state index contributed by atoms with van der Waals surface area (Å²) in [6, 6.07) is 0.632. The van der Waals surface area contributed by atoms with Crippen LogP contribution in [0.3, 0.4) is 0 Å². The molecule has 0 aliphatic carbocycles. The average molecular weight is 430 g/mol. The largest absolute Gasteiger partial charge is 0.383 e. The number of fused-ring (bicyclic) bond motifs is 1. The van der Waals surface area contributed by atoms with Crippen molar-refractivity contribution in [2.24, 2.45) is 11.5 Å². The third-order valence-electron chi connectivity index (χ3n) is 5.05. The molecule has 0 aliphatic heterocycles.